The fraction of sp³-hybridized carbons (Fsp3) is 0.857. The van der Waals surface area contributed by atoms with Crippen LogP contribution in [0.15, 0.2) is 0 Å². The molecule has 0 radical (unpaired) electrons. The van der Waals surface area contributed by atoms with Crippen molar-refractivity contribution < 1.29 is 6.22 Å². The number of carbonyl (C=O) groups excluding carboxylic acids is 1. The summed E-state index contributed by atoms with van der Waals surface area (Å²) in [6.45, 7) is 0.964. The van der Waals surface area contributed by atoms with Crippen molar-refractivity contribution in [1.29, 1.82) is 0 Å². The van der Waals surface area contributed by atoms with Gasteiger partial charge in [-0.05, 0) is 20.5 Å². The van der Waals surface area contributed by atoms with Crippen LogP contribution in [0.3, 0.4) is 0 Å². The second kappa shape index (κ2) is 3.01. The minimum atomic E-state index is 0. The monoisotopic (exact) mass is 144 g/mol. The summed E-state index contributed by atoms with van der Waals surface area (Å²) >= 11 is 0. The van der Waals surface area contributed by atoms with Gasteiger partial charge < -0.3 is 10.2 Å². The van der Waals surface area contributed by atoms with Gasteiger partial charge in [-0.1, -0.05) is 0 Å². The molecule has 0 aliphatic carbocycles. The van der Waals surface area contributed by atoms with Crippen molar-refractivity contribution in [3.05, 3.63) is 0 Å². The predicted octanol–water partition coefficient (Wildman–Crippen LogP) is 0.0726. The molecule has 1 aliphatic rings. The Morgan fingerprint density at radius 2 is 2.50 bits per heavy atom. The van der Waals surface area contributed by atoms with Crippen molar-refractivity contribution in [3.8, 4) is 0 Å². The van der Waals surface area contributed by atoms with E-state index < -0.39 is 0 Å². The van der Waals surface area contributed by atoms with Crippen LogP contribution in [0.4, 0.5) is 0 Å². The first-order chi connectivity index (χ1) is 4.68. The molecule has 1 aliphatic heterocycles. The molecule has 1 saturated heterocycles. The minimum absolute atomic E-state index is 0. The van der Waals surface area contributed by atoms with Gasteiger partial charge in [0, 0.05) is 20.4 Å². The van der Waals surface area contributed by atoms with Crippen LogP contribution in [0.1, 0.15) is 14.3 Å². The van der Waals surface area contributed by atoms with Crippen LogP contribution in [-0.4, -0.2) is 37.5 Å². The number of amides is 1. The van der Waals surface area contributed by atoms with Gasteiger partial charge in [0.25, 0.3) is 0 Å². The summed E-state index contributed by atoms with van der Waals surface area (Å²) in [5, 5.41) is 2.90. The van der Waals surface area contributed by atoms with Crippen LogP contribution < -0.4 is 5.32 Å². The van der Waals surface area contributed by atoms with Gasteiger partial charge in [-0.25, -0.2) is 0 Å². The van der Waals surface area contributed by atoms with Crippen LogP contribution in [0.25, 0.3) is 0 Å². The molecule has 0 aromatic carbocycles. The van der Waals surface area contributed by atoms with E-state index in [1.165, 1.54) is 0 Å². The maximum absolute atomic E-state index is 10.7. The number of carbonyl (C=O) groups is 1. The Morgan fingerprint density at radius 1 is 1.80 bits per heavy atom. The molecule has 0 bridgehead atoms. The Balaban J connectivity index is 0.000001000. The highest BCUT2D eigenvalue weighted by Crippen LogP contribution is 2.06. The number of nitrogens with zero attached hydrogens (tertiary/aromatic N) is 1. The van der Waals surface area contributed by atoms with E-state index in [2.05, 4.69) is 10.2 Å². The Kier molecular flexibility index (Phi) is 2.27. The first-order valence-corrected chi connectivity index (χ1v) is 3.62. The highest BCUT2D eigenvalue weighted by Gasteiger charge is 2.20. The zero-order valence-electron chi connectivity index (χ0n) is 6.55. The van der Waals surface area contributed by atoms with Crippen molar-refractivity contribution in [1.82, 2.24) is 10.2 Å². The summed E-state index contributed by atoms with van der Waals surface area (Å²) in [7, 11) is 4.04. The van der Waals surface area contributed by atoms with E-state index in [1.54, 1.807) is 0 Å². The van der Waals surface area contributed by atoms with Crippen LogP contribution in [0.2, 0.25) is 0 Å². The molecular formula is C7H16N2O. The highest BCUT2D eigenvalue weighted by molar-refractivity contribution is 5.78. The van der Waals surface area contributed by atoms with E-state index in [0.29, 0.717) is 12.5 Å². The minimum Gasteiger partial charge on any atom is -0.352 e. The Bertz CT molecular complexity index is 138. The third kappa shape index (κ3) is 1.99. The topological polar surface area (TPSA) is 32.3 Å². The van der Waals surface area contributed by atoms with Gasteiger partial charge in [-0.3, -0.25) is 4.79 Å². The number of hydrogen-bond donors (Lipinski definition) is 1. The third-order valence-corrected chi connectivity index (χ3v) is 1.67. The maximum Gasteiger partial charge on any atom is 0.220 e. The molecule has 0 aromatic heterocycles. The van der Waals surface area contributed by atoms with Gasteiger partial charge in [-0.2, -0.15) is 0 Å². The van der Waals surface area contributed by atoms with E-state index in [-0.39, 0.29) is 7.33 Å². The molecule has 0 unspecified atom stereocenters. The van der Waals surface area contributed by atoms with Gasteiger partial charge >= 0.3 is 0 Å². The number of hydrogen-bond acceptors (Lipinski definition) is 2. The molecular weight excluding hydrogens is 128 g/mol. The Hall–Kier alpha value is -0.570. The van der Waals surface area contributed by atoms with E-state index in [0.717, 1.165) is 13.0 Å². The molecule has 0 spiro atoms. The number of nitrogens with one attached hydrogen (secondary N) is 1. The van der Waals surface area contributed by atoms with Crippen molar-refractivity contribution >= 4 is 5.91 Å². The quantitative estimate of drug-likeness (QED) is 0.595. The van der Waals surface area contributed by atoms with Gasteiger partial charge in [0.05, 0.1) is 0 Å². The second-order valence-corrected chi connectivity index (χ2v) is 3.07. The molecule has 0 saturated carbocycles. The lowest BCUT2D eigenvalue weighted by molar-refractivity contribution is -0.119. The summed E-state index contributed by atoms with van der Waals surface area (Å²) in [4.78, 5) is 12.8. The number of rotatable bonds is 2. The van der Waals surface area contributed by atoms with Gasteiger partial charge in [-0.15, -0.1) is 0 Å². The lowest BCUT2D eigenvalue weighted by Gasteiger charge is -2.15. The summed E-state index contributed by atoms with van der Waals surface area (Å²) in [6.07, 6.45) is 1.70. The smallest absolute Gasteiger partial charge is 0.220 e. The molecule has 10 heavy (non-hydrogen) atoms. The molecule has 1 fully saturated rings. The highest BCUT2D eigenvalue weighted by atomic mass is 16.1. The lowest BCUT2D eigenvalue weighted by Crippen LogP contribution is -2.34. The van der Waals surface area contributed by atoms with Crippen molar-refractivity contribution in [3.63, 3.8) is 0 Å². The summed E-state index contributed by atoms with van der Waals surface area (Å²) in [5.74, 6) is 0.201. The SMILES string of the molecule is CN(C)C[C@H]1CCC(=O)N1.[HH]. The normalized spacial score (nSPS) is 25.5. The molecule has 1 amide bonds. The van der Waals surface area contributed by atoms with Gasteiger partial charge in [0.15, 0.2) is 0 Å². The maximum atomic E-state index is 10.7. The fourth-order valence-electron chi connectivity index (χ4n) is 1.26. The molecule has 3 heteroatoms. The van der Waals surface area contributed by atoms with Crippen molar-refractivity contribution in [2.24, 2.45) is 0 Å². The molecule has 60 valence electrons. The van der Waals surface area contributed by atoms with Gasteiger partial charge in [0.2, 0.25) is 5.91 Å². The zero-order chi connectivity index (χ0) is 7.56. The van der Waals surface area contributed by atoms with Crippen molar-refractivity contribution in [2.45, 2.75) is 18.9 Å². The molecule has 0 aromatic rings. The zero-order valence-corrected chi connectivity index (χ0v) is 6.55. The predicted molar refractivity (Wildman–Crippen MR) is 41.8 cm³/mol. The average Bonchev–Trinajstić information content (AvgIpc) is 2.13. The fourth-order valence-corrected chi connectivity index (χ4v) is 1.26. The number of likely N-dealkylation sites (N-methyl/N-ethyl adjacent to an activating group) is 1. The van der Waals surface area contributed by atoms with E-state index in [1.807, 2.05) is 14.1 Å². The molecule has 1 N–H and O–H groups in total. The van der Waals surface area contributed by atoms with Crippen LogP contribution in [0.5, 0.6) is 0 Å². The summed E-state index contributed by atoms with van der Waals surface area (Å²) < 4.78 is 0. The molecule has 1 atom stereocenters. The van der Waals surface area contributed by atoms with Gasteiger partial charge in [0.1, 0.15) is 0 Å². The van der Waals surface area contributed by atoms with Crippen LogP contribution in [-0.2, 0) is 4.79 Å². The molecule has 1 heterocycles. The Morgan fingerprint density at radius 3 is 2.90 bits per heavy atom. The second-order valence-electron chi connectivity index (χ2n) is 3.07. The third-order valence-electron chi connectivity index (χ3n) is 1.67. The van der Waals surface area contributed by atoms with E-state index in [4.69, 9.17) is 0 Å². The summed E-state index contributed by atoms with van der Waals surface area (Å²) in [6, 6.07) is 0.391. The van der Waals surface area contributed by atoms with E-state index >= 15 is 0 Å². The first-order valence-electron chi connectivity index (χ1n) is 3.62. The van der Waals surface area contributed by atoms with E-state index in [9.17, 15) is 4.79 Å². The standard InChI is InChI=1S/C7H14N2O.H2/c1-9(2)5-6-3-4-7(10)8-6;/h6H,3-5H2,1-2H3,(H,8,10);1H/t6-;/m1./s1. The Labute approximate surface area is 62.9 Å². The van der Waals surface area contributed by atoms with Crippen molar-refractivity contribution in [2.75, 3.05) is 20.6 Å². The molecule has 1 rings (SSSR count). The first kappa shape index (κ1) is 7.54. The average molecular weight is 144 g/mol. The molecule has 3 nitrogen and oxygen atoms in total. The largest absolute Gasteiger partial charge is 0.352 e. The summed E-state index contributed by atoms with van der Waals surface area (Å²) in [5.41, 5.74) is 0. The lowest BCUT2D eigenvalue weighted by atomic mass is 10.2. The van der Waals surface area contributed by atoms with Crippen LogP contribution >= 0.6 is 0 Å². The van der Waals surface area contributed by atoms with Crippen LogP contribution in [0, 0.1) is 0 Å².